The standard InChI is InChI=1S/C19H19N3O2S/c23-18(9-8-16-7-4-10-20-11-16)22-14-25-13-17(22)19(24)21-12-15-5-2-1-3-6-15/h1-11,17H,12-14H2,(H,21,24)/b9-8+/t17-/m0/s1. The predicted molar refractivity (Wildman–Crippen MR) is 99.5 cm³/mol. The van der Waals surface area contributed by atoms with Crippen LogP contribution in [0, 0.1) is 0 Å². The van der Waals surface area contributed by atoms with Crippen LogP contribution in [0.1, 0.15) is 11.1 Å². The molecule has 1 N–H and O–H groups in total. The lowest BCUT2D eigenvalue weighted by Gasteiger charge is -2.21. The summed E-state index contributed by atoms with van der Waals surface area (Å²) in [4.78, 5) is 30.5. The molecule has 0 aliphatic carbocycles. The Morgan fingerprint density at radius 2 is 2.08 bits per heavy atom. The zero-order valence-electron chi connectivity index (χ0n) is 13.7. The van der Waals surface area contributed by atoms with Gasteiger partial charge in [0.2, 0.25) is 11.8 Å². The highest BCUT2D eigenvalue weighted by atomic mass is 32.2. The molecule has 1 fully saturated rings. The average Bonchev–Trinajstić information content (AvgIpc) is 3.16. The molecule has 0 saturated carbocycles. The zero-order valence-corrected chi connectivity index (χ0v) is 14.5. The number of rotatable bonds is 5. The maximum Gasteiger partial charge on any atom is 0.247 e. The molecule has 25 heavy (non-hydrogen) atoms. The van der Waals surface area contributed by atoms with Gasteiger partial charge in [0.15, 0.2) is 0 Å². The SMILES string of the molecule is O=C(NCc1ccccc1)[C@@H]1CSCN1C(=O)/C=C/c1cccnc1. The van der Waals surface area contributed by atoms with Crippen molar-refractivity contribution in [1.82, 2.24) is 15.2 Å². The van der Waals surface area contributed by atoms with E-state index in [0.29, 0.717) is 18.2 Å². The van der Waals surface area contributed by atoms with Gasteiger partial charge in [-0.1, -0.05) is 36.4 Å². The molecule has 3 rings (SSSR count). The monoisotopic (exact) mass is 353 g/mol. The molecule has 1 aliphatic rings. The average molecular weight is 353 g/mol. The van der Waals surface area contributed by atoms with Crippen molar-refractivity contribution < 1.29 is 9.59 Å². The minimum Gasteiger partial charge on any atom is -0.350 e. The largest absolute Gasteiger partial charge is 0.350 e. The van der Waals surface area contributed by atoms with E-state index in [1.54, 1.807) is 35.1 Å². The lowest BCUT2D eigenvalue weighted by molar-refractivity contribution is -0.134. The Kier molecular flexibility index (Phi) is 5.85. The molecule has 0 unspecified atom stereocenters. The van der Waals surface area contributed by atoms with E-state index >= 15 is 0 Å². The first-order valence-electron chi connectivity index (χ1n) is 8.02. The van der Waals surface area contributed by atoms with Gasteiger partial charge >= 0.3 is 0 Å². The Hall–Kier alpha value is -2.60. The third-order valence-corrected chi connectivity index (χ3v) is 4.89. The molecule has 1 aromatic carbocycles. The van der Waals surface area contributed by atoms with Crippen molar-refractivity contribution >= 4 is 29.7 Å². The molecule has 0 radical (unpaired) electrons. The van der Waals surface area contributed by atoms with Crippen LogP contribution in [0.15, 0.2) is 60.9 Å². The Morgan fingerprint density at radius 1 is 1.24 bits per heavy atom. The number of hydrogen-bond acceptors (Lipinski definition) is 4. The van der Waals surface area contributed by atoms with E-state index in [1.165, 1.54) is 6.08 Å². The minimum absolute atomic E-state index is 0.114. The fourth-order valence-corrected chi connectivity index (χ4v) is 3.68. The number of carbonyl (C=O) groups is 2. The van der Waals surface area contributed by atoms with Crippen LogP contribution < -0.4 is 5.32 Å². The fourth-order valence-electron chi connectivity index (χ4n) is 2.52. The van der Waals surface area contributed by atoms with Crippen molar-refractivity contribution in [3.8, 4) is 0 Å². The molecule has 6 heteroatoms. The first-order chi connectivity index (χ1) is 12.2. The van der Waals surface area contributed by atoms with E-state index in [0.717, 1.165) is 11.1 Å². The van der Waals surface area contributed by atoms with Gasteiger partial charge in [0, 0.05) is 30.8 Å². The fraction of sp³-hybridized carbons (Fsp3) is 0.211. The Labute approximate surface area is 151 Å². The molecule has 0 bridgehead atoms. The van der Waals surface area contributed by atoms with Gasteiger partial charge in [0.1, 0.15) is 6.04 Å². The van der Waals surface area contributed by atoms with E-state index in [-0.39, 0.29) is 11.8 Å². The molecular formula is C19H19N3O2S. The van der Waals surface area contributed by atoms with Gasteiger partial charge in [0.05, 0.1) is 5.88 Å². The van der Waals surface area contributed by atoms with Crippen LogP contribution in [0.3, 0.4) is 0 Å². The van der Waals surface area contributed by atoms with Gasteiger partial charge < -0.3 is 10.2 Å². The van der Waals surface area contributed by atoms with E-state index in [1.807, 2.05) is 42.5 Å². The van der Waals surface area contributed by atoms with Crippen LogP contribution >= 0.6 is 11.8 Å². The smallest absolute Gasteiger partial charge is 0.247 e. The van der Waals surface area contributed by atoms with Gasteiger partial charge in [-0.15, -0.1) is 11.8 Å². The number of nitrogens with one attached hydrogen (secondary N) is 1. The van der Waals surface area contributed by atoms with Crippen molar-refractivity contribution in [3.05, 3.63) is 72.1 Å². The van der Waals surface area contributed by atoms with Crippen molar-refractivity contribution in [3.63, 3.8) is 0 Å². The van der Waals surface area contributed by atoms with Crippen LogP contribution in [0.25, 0.3) is 6.08 Å². The first-order valence-corrected chi connectivity index (χ1v) is 9.17. The normalized spacial score (nSPS) is 17.0. The third-order valence-electron chi connectivity index (χ3n) is 3.88. The molecular weight excluding hydrogens is 334 g/mol. The van der Waals surface area contributed by atoms with Crippen LogP contribution in [0.5, 0.6) is 0 Å². The summed E-state index contributed by atoms with van der Waals surface area (Å²) in [5, 5.41) is 2.92. The Bertz CT molecular complexity index is 750. The van der Waals surface area contributed by atoms with Crippen molar-refractivity contribution in [2.24, 2.45) is 0 Å². The second-order valence-electron chi connectivity index (χ2n) is 5.65. The van der Waals surface area contributed by atoms with Gasteiger partial charge in [-0.05, 0) is 23.3 Å². The van der Waals surface area contributed by atoms with E-state index in [2.05, 4.69) is 10.3 Å². The van der Waals surface area contributed by atoms with E-state index in [9.17, 15) is 9.59 Å². The quantitative estimate of drug-likeness (QED) is 0.838. The maximum atomic E-state index is 12.5. The Balaban J connectivity index is 1.58. The molecule has 1 aliphatic heterocycles. The van der Waals surface area contributed by atoms with E-state index in [4.69, 9.17) is 0 Å². The summed E-state index contributed by atoms with van der Waals surface area (Å²) >= 11 is 1.59. The lowest BCUT2D eigenvalue weighted by atomic mass is 10.2. The number of thioether (sulfide) groups is 1. The highest BCUT2D eigenvalue weighted by molar-refractivity contribution is 7.99. The van der Waals surface area contributed by atoms with Crippen LogP contribution in [-0.2, 0) is 16.1 Å². The lowest BCUT2D eigenvalue weighted by Crippen LogP contribution is -2.46. The summed E-state index contributed by atoms with van der Waals surface area (Å²) in [5.41, 5.74) is 1.89. The Morgan fingerprint density at radius 3 is 2.84 bits per heavy atom. The highest BCUT2D eigenvalue weighted by Gasteiger charge is 2.33. The molecule has 1 aromatic heterocycles. The molecule has 2 heterocycles. The van der Waals surface area contributed by atoms with Crippen LogP contribution in [-0.4, -0.2) is 39.4 Å². The zero-order chi connectivity index (χ0) is 17.5. The number of nitrogens with zero attached hydrogens (tertiary/aromatic N) is 2. The van der Waals surface area contributed by atoms with Crippen molar-refractivity contribution in [2.45, 2.75) is 12.6 Å². The summed E-state index contributed by atoms with van der Waals surface area (Å²) in [6.45, 7) is 0.467. The number of benzene rings is 1. The molecule has 1 saturated heterocycles. The minimum atomic E-state index is -0.431. The predicted octanol–water partition coefficient (Wildman–Crippen LogP) is 2.31. The van der Waals surface area contributed by atoms with Gasteiger partial charge in [-0.2, -0.15) is 0 Å². The summed E-state index contributed by atoms with van der Waals surface area (Å²) in [6.07, 6.45) is 6.59. The first kappa shape index (κ1) is 17.2. The number of carbonyl (C=O) groups excluding carboxylic acids is 2. The molecule has 2 amide bonds. The summed E-state index contributed by atoms with van der Waals surface area (Å²) in [7, 11) is 0. The van der Waals surface area contributed by atoms with Crippen molar-refractivity contribution in [1.29, 1.82) is 0 Å². The summed E-state index contributed by atoms with van der Waals surface area (Å²) in [6, 6.07) is 13.0. The summed E-state index contributed by atoms with van der Waals surface area (Å²) < 4.78 is 0. The van der Waals surface area contributed by atoms with Gasteiger partial charge in [-0.25, -0.2) is 0 Å². The topological polar surface area (TPSA) is 62.3 Å². The van der Waals surface area contributed by atoms with Gasteiger partial charge in [-0.3, -0.25) is 14.6 Å². The van der Waals surface area contributed by atoms with Crippen molar-refractivity contribution in [2.75, 3.05) is 11.6 Å². The highest BCUT2D eigenvalue weighted by Crippen LogP contribution is 2.21. The van der Waals surface area contributed by atoms with Crippen LogP contribution in [0.4, 0.5) is 0 Å². The number of aromatic nitrogens is 1. The van der Waals surface area contributed by atoms with Gasteiger partial charge in [0.25, 0.3) is 0 Å². The number of pyridine rings is 1. The van der Waals surface area contributed by atoms with Crippen LogP contribution in [0.2, 0.25) is 0 Å². The third kappa shape index (κ3) is 4.70. The summed E-state index contributed by atoms with van der Waals surface area (Å²) in [5.74, 6) is 0.873. The number of amides is 2. The number of hydrogen-bond donors (Lipinski definition) is 1. The second-order valence-corrected chi connectivity index (χ2v) is 6.65. The molecule has 0 spiro atoms. The molecule has 2 aromatic rings. The molecule has 5 nitrogen and oxygen atoms in total. The molecule has 1 atom stereocenters. The van der Waals surface area contributed by atoms with E-state index < -0.39 is 6.04 Å². The second kappa shape index (κ2) is 8.48. The molecule has 128 valence electrons. The maximum absolute atomic E-state index is 12.5.